The van der Waals surface area contributed by atoms with Crippen LogP contribution in [0.1, 0.15) is 35.5 Å². The summed E-state index contributed by atoms with van der Waals surface area (Å²) in [5.41, 5.74) is 6.54. The fourth-order valence-electron chi connectivity index (χ4n) is 1.59. The summed E-state index contributed by atoms with van der Waals surface area (Å²) in [5.74, 6) is -0.218. The van der Waals surface area contributed by atoms with Gasteiger partial charge in [0, 0.05) is 19.1 Å². The minimum atomic E-state index is -0.218. The van der Waals surface area contributed by atoms with E-state index in [1.807, 2.05) is 21.0 Å². The molecule has 1 unspecified atom stereocenters. The zero-order valence-corrected chi connectivity index (χ0v) is 13.8. The van der Waals surface area contributed by atoms with Gasteiger partial charge in [-0.25, -0.2) is 0 Å². The molecular weight excluding hydrogens is 286 g/mol. The van der Waals surface area contributed by atoms with Crippen molar-refractivity contribution in [1.29, 1.82) is 5.26 Å². The lowest BCUT2D eigenvalue weighted by atomic mass is 10.2. The Labute approximate surface area is 129 Å². The van der Waals surface area contributed by atoms with Gasteiger partial charge in [-0.15, -0.1) is 11.3 Å². The number of rotatable bonds is 7. The zero-order valence-electron chi connectivity index (χ0n) is 13.0. The van der Waals surface area contributed by atoms with Gasteiger partial charge in [-0.1, -0.05) is 6.92 Å². The van der Waals surface area contributed by atoms with Gasteiger partial charge in [0.1, 0.15) is 21.5 Å². The van der Waals surface area contributed by atoms with Gasteiger partial charge in [-0.3, -0.25) is 4.79 Å². The van der Waals surface area contributed by atoms with Crippen LogP contribution in [0.2, 0.25) is 0 Å². The Hall–Kier alpha value is -1.78. The van der Waals surface area contributed by atoms with Crippen LogP contribution in [0.4, 0.5) is 10.7 Å². The van der Waals surface area contributed by atoms with Crippen LogP contribution < -0.4 is 16.4 Å². The van der Waals surface area contributed by atoms with E-state index in [4.69, 9.17) is 5.73 Å². The second-order valence-corrected chi connectivity index (χ2v) is 6.13. The van der Waals surface area contributed by atoms with Crippen LogP contribution in [0, 0.1) is 11.3 Å². The van der Waals surface area contributed by atoms with Crippen LogP contribution in [0.25, 0.3) is 0 Å². The molecule has 1 aromatic heterocycles. The third-order valence-electron chi connectivity index (χ3n) is 3.24. The number of nitrogen functional groups attached to an aromatic ring is 1. The molecule has 0 bridgehead atoms. The van der Waals surface area contributed by atoms with Gasteiger partial charge in [-0.05, 0) is 27.4 Å². The second kappa shape index (κ2) is 7.86. The molecule has 1 heterocycles. The zero-order chi connectivity index (χ0) is 16.0. The van der Waals surface area contributed by atoms with E-state index in [0.717, 1.165) is 6.42 Å². The predicted molar refractivity (Wildman–Crippen MR) is 87.7 cm³/mol. The lowest BCUT2D eigenvalue weighted by Gasteiger charge is -2.20. The number of anilines is 2. The van der Waals surface area contributed by atoms with Crippen LogP contribution in [0.5, 0.6) is 0 Å². The maximum absolute atomic E-state index is 12.0. The number of hydrogen-bond donors (Lipinski definition) is 3. The molecule has 21 heavy (non-hydrogen) atoms. The monoisotopic (exact) mass is 309 g/mol. The highest BCUT2D eigenvalue weighted by atomic mass is 32.1. The van der Waals surface area contributed by atoms with Crippen LogP contribution in [0.3, 0.4) is 0 Å². The van der Waals surface area contributed by atoms with E-state index in [1.54, 1.807) is 0 Å². The molecule has 0 aliphatic heterocycles. The van der Waals surface area contributed by atoms with Crippen molar-refractivity contribution in [1.82, 2.24) is 10.2 Å². The first-order valence-corrected chi connectivity index (χ1v) is 7.74. The van der Waals surface area contributed by atoms with Crippen LogP contribution >= 0.6 is 11.3 Å². The number of amides is 1. The molecule has 1 atom stereocenters. The van der Waals surface area contributed by atoms with Gasteiger partial charge in [0.15, 0.2) is 0 Å². The quantitative estimate of drug-likeness (QED) is 0.713. The third-order valence-corrected chi connectivity index (χ3v) is 4.40. The number of carbonyl (C=O) groups is 1. The number of likely N-dealkylation sites (N-methyl/N-ethyl adjacent to an activating group) is 1. The molecule has 7 heteroatoms. The van der Waals surface area contributed by atoms with Crippen LogP contribution in [0.15, 0.2) is 0 Å². The molecule has 1 aromatic rings. The number of nitrogens with zero attached hydrogens (tertiary/aromatic N) is 2. The summed E-state index contributed by atoms with van der Waals surface area (Å²) in [5, 5.41) is 15.9. The maximum atomic E-state index is 12.0. The van der Waals surface area contributed by atoms with E-state index in [9.17, 15) is 10.1 Å². The Kier molecular flexibility index (Phi) is 6.46. The molecular formula is C14H23N5OS. The average molecular weight is 309 g/mol. The Morgan fingerprint density at radius 1 is 1.52 bits per heavy atom. The number of carbonyl (C=O) groups excluding carboxylic acids is 1. The van der Waals surface area contributed by atoms with Gasteiger partial charge >= 0.3 is 0 Å². The summed E-state index contributed by atoms with van der Waals surface area (Å²) in [4.78, 5) is 14.5. The minimum Gasteiger partial charge on any atom is -0.396 e. The van der Waals surface area contributed by atoms with Crippen molar-refractivity contribution in [3.63, 3.8) is 0 Å². The third kappa shape index (κ3) is 4.34. The van der Waals surface area contributed by atoms with Crippen molar-refractivity contribution in [3.8, 4) is 6.07 Å². The van der Waals surface area contributed by atoms with Crippen molar-refractivity contribution >= 4 is 27.9 Å². The highest BCUT2D eigenvalue weighted by molar-refractivity contribution is 7.18. The first-order valence-electron chi connectivity index (χ1n) is 6.93. The van der Waals surface area contributed by atoms with Crippen molar-refractivity contribution in [2.24, 2.45) is 0 Å². The summed E-state index contributed by atoms with van der Waals surface area (Å²) < 4.78 is 0. The van der Waals surface area contributed by atoms with Gasteiger partial charge < -0.3 is 21.3 Å². The Morgan fingerprint density at radius 3 is 2.71 bits per heavy atom. The maximum Gasteiger partial charge on any atom is 0.263 e. The van der Waals surface area contributed by atoms with Gasteiger partial charge in [0.2, 0.25) is 0 Å². The topological polar surface area (TPSA) is 94.2 Å². The summed E-state index contributed by atoms with van der Waals surface area (Å²) in [6.45, 7) is 5.33. The highest BCUT2D eigenvalue weighted by Gasteiger charge is 2.21. The molecule has 1 amide bonds. The van der Waals surface area contributed by atoms with Gasteiger partial charge in [0.05, 0.1) is 5.69 Å². The largest absolute Gasteiger partial charge is 0.396 e. The van der Waals surface area contributed by atoms with Crippen molar-refractivity contribution in [2.75, 3.05) is 38.2 Å². The molecule has 0 radical (unpaired) electrons. The average Bonchev–Trinajstić information content (AvgIpc) is 2.78. The molecule has 116 valence electrons. The number of hydrogen-bond acceptors (Lipinski definition) is 6. The highest BCUT2D eigenvalue weighted by Crippen LogP contribution is 2.35. The molecule has 0 saturated heterocycles. The lowest BCUT2D eigenvalue weighted by Crippen LogP contribution is -2.31. The van der Waals surface area contributed by atoms with E-state index in [-0.39, 0.29) is 11.6 Å². The van der Waals surface area contributed by atoms with E-state index in [1.165, 1.54) is 11.3 Å². The van der Waals surface area contributed by atoms with Crippen LogP contribution in [-0.4, -0.2) is 44.0 Å². The Bertz CT molecular complexity index is 532. The fraction of sp³-hybridized carbons (Fsp3) is 0.571. The number of nitrogens with two attached hydrogens (primary N) is 1. The summed E-state index contributed by atoms with van der Waals surface area (Å²) in [6, 6.07) is 2.38. The summed E-state index contributed by atoms with van der Waals surface area (Å²) in [6.07, 6.45) is 0.855. The van der Waals surface area contributed by atoms with Crippen molar-refractivity contribution in [2.45, 2.75) is 26.3 Å². The van der Waals surface area contributed by atoms with Crippen molar-refractivity contribution < 1.29 is 4.79 Å². The first kappa shape index (κ1) is 17.3. The van der Waals surface area contributed by atoms with E-state index < -0.39 is 0 Å². The standard InChI is InChI=1S/C14H23N5OS/c1-5-6-17-13(20)12-11(16)10(7-15)14(21-12)18-8-9(2)19(3)4/h9,18H,5-6,8,16H2,1-4H3,(H,17,20). The molecule has 0 fully saturated rings. The SMILES string of the molecule is CCCNC(=O)c1sc(NCC(C)N(C)C)c(C#N)c1N. The van der Waals surface area contributed by atoms with Gasteiger partial charge in [0.25, 0.3) is 5.91 Å². The smallest absolute Gasteiger partial charge is 0.263 e. The molecule has 0 spiro atoms. The van der Waals surface area contributed by atoms with E-state index in [0.29, 0.717) is 34.6 Å². The molecule has 1 rings (SSSR count). The number of nitrogens with one attached hydrogen (secondary N) is 2. The first-order chi connectivity index (χ1) is 9.92. The van der Waals surface area contributed by atoms with E-state index in [2.05, 4.69) is 28.5 Å². The van der Waals surface area contributed by atoms with Crippen LogP contribution in [-0.2, 0) is 0 Å². The van der Waals surface area contributed by atoms with Gasteiger partial charge in [-0.2, -0.15) is 5.26 Å². The van der Waals surface area contributed by atoms with Crippen molar-refractivity contribution in [3.05, 3.63) is 10.4 Å². The molecule has 4 N–H and O–H groups in total. The number of thiophene rings is 1. The fourth-order valence-corrected chi connectivity index (χ4v) is 2.58. The Morgan fingerprint density at radius 2 is 2.19 bits per heavy atom. The molecule has 0 aliphatic rings. The molecule has 0 saturated carbocycles. The second-order valence-electron chi connectivity index (χ2n) is 5.11. The molecule has 0 aliphatic carbocycles. The summed E-state index contributed by atoms with van der Waals surface area (Å²) >= 11 is 1.23. The predicted octanol–water partition coefficient (Wildman–Crippen LogP) is 1.70. The lowest BCUT2D eigenvalue weighted by molar-refractivity contribution is 0.0958. The number of nitriles is 1. The molecule has 0 aromatic carbocycles. The normalized spacial score (nSPS) is 12.0. The minimum absolute atomic E-state index is 0.218. The molecule has 6 nitrogen and oxygen atoms in total. The summed E-state index contributed by atoms with van der Waals surface area (Å²) in [7, 11) is 3.98. The van der Waals surface area contributed by atoms with E-state index >= 15 is 0 Å². The Balaban J connectivity index is 2.91.